The molecular formula is C20H23N3O2S. The van der Waals surface area contributed by atoms with Crippen LogP contribution in [0.2, 0.25) is 0 Å². The summed E-state index contributed by atoms with van der Waals surface area (Å²) < 4.78 is 5.20. The summed E-state index contributed by atoms with van der Waals surface area (Å²) in [5.74, 6) is 3.54. The van der Waals surface area contributed by atoms with E-state index < -0.39 is 0 Å². The van der Waals surface area contributed by atoms with E-state index in [2.05, 4.69) is 16.2 Å². The molecule has 0 aliphatic carbocycles. The summed E-state index contributed by atoms with van der Waals surface area (Å²) in [6.07, 6.45) is 6.20. The monoisotopic (exact) mass is 369 g/mol. The van der Waals surface area contributed by atoms with E-state index >= 15 is 0 Å². The number of ether oxygens (including phenoxy) is 1. The molecule has 26 heavy (non-hydrogen) atoms. The molecular weight excluding hydrogens is 346 g/mol. The largest absolute Gasteiger partial charge is 0.497 e. The number of piperazine rings is 1. The van der Waals surface area contributed by atoms with Gasteiger partial charge in [0.1, 0.15) is 10.8 Å². The van der Waals surface area contributed by atoms with Gasteiger partial charge in [-0.15, -0.1) is 23.7 Å². The van der Waals surface area contributed by atoms with E-state index in [1.807, 2.05) is 29.2 Å². The molecule has 1 fully saturated rings. The normalized spacial score (nSPS) is 14.8. The van der Waals surface area contributed by atoms with Crippen molar-refractivity contribution in [3.05, 3.63) is 35.3 Å². The lowest BCUT2D eigenvalue weighted by Crippen LogP contribution is -2.48. The summed E-state index contributed by atoms with van der Waals surface area (Å²) in [6, 6.07) is 7.96. The van der Waals surface area contributed by atoms with Gasteiger partial charge < -0.3 is 9.64 Å². The molecule has 0 saturated carbocycles. The third kappa shape index (κ3) is 4.63. The SMILES string of the molecule is C#CCCC(=O)N1CCN(Cc2csc(-c3ccc(OC)cc3)n2)CC1. The number of nitrogens with zero attached hydrogens (tertiary/aromatic N) is 3. The highest BCUT2D eigenvalue weighted by atomic mass is 32.1. The second-order valence-corrected chi connectivity index (χ2v) is 7.09. The van der Waals surface area contributed by atoms with E-state index in [-0.39, 0.29) is 5.91 Å². The van der Waals surface area contributed by atoms with Gasteiger partial charge in [-0.05, 0) is 24.3 Å². The number of amides is 1. The van der Waals surface area contributed by atoms with Crippen molar-refractivity contribution < 1.29 is 9.53 Å². The summed E-state index contributed by atoms with van der Waals surface area (Å²) in [5, 5.41) is 3.13. The maximum absolute atomic E-state index is 12.0. The molecule has 1 aliphatic rings. The molecule has 5 nitrogen and oxygen atoms in total. The van der Waals surface area contributed by atoms with E-state index in [1.54, 1.807) is 18.4 Å². The van der Waals surface area contributed by atoms with Gasteiger partial charge in [0, 0.05) is 56.5 Å². The predicted octanol–water partition coefficient (Wildman–Crippen LogP) is 2.88. The first-order valence-corrected chi connectivity index (χ1v) is 9.60. The highest BCUT2D eigenvalue weighted by Crippen LogP contribution is 2.26. The van der Waals surface area contributed by atoms with Crippen LogP contribution in [0.1, 0.15) is 18.5 Å². The Kier molecular flexibility index (Phi) is 6.26. The van der Waals surface area contributed by atoms with Crippen molar-refractivity contribution in [2.75, 3.05) is 33.3 Å². The van der Waals surface area contributed by atoms with Crippen LogP contribution >= 0.6 is 11.3 Å². The highest BCUT2D eigenvalue weighted by Gasteiger charge is 2.21. The Morgan fingerprint density at radius 3 is 2.65 bits per heavy atom. The van der Waals surface area contributed by atoms with Crippen LogP contribution in [-0.4, -0.2) is 54.0 Å². The van der Waals surface area contributed by atoms with Crippen LogP contribution in [-0.2, 0) is 11.3 Å². The minimum Gasteiger partial charge on any atom is -0.497 e. The second kappa shape index (κ2) is 8.84. The third-order valence-corrected chi connectivity index (χ3v) is 5.42. The van der Waals surface area contributed by atoms with Gasteiger partial charge in [0.25, 0.3) is 0 Å². The lowest BCUT2D eigenvalue weighted by Gasteiger charge is -2.34. The molecule has 1 aliphatic heterocycles. The van der Waals surface area contributed by atoms with Crippen molar-refractivity contribution in [2.24, 2.45) is 0 Å². The van der Waals surface area contributed by atoms with E-state index in [0.717, 1.165) is 54.7 Å². The molecule has 1 aromatic heterocycles. The fourth-order valence-corrected chi connectivity index (χ4v) is 3.78. The van der Waals surface area contributed by atoms with E-state index in [0.29, 0.717) is 12.8 Å². The van der Waals surface area contributed by atoms with Crippen LogP contribution in [0.4, 0.5) is 0 Å². The number of hydrogen-bond donors (Lipinski definition) is 0. The maximum atomic E-state index is 12.0. The zero-order chi connectivity index (χ0) is 18.4. The molecule has 0 spiro atoms. The first-order chi connectivity index (χ1) is 12.7. The minimum atomic E-state index is 0.165. The van der Waals surface area contributed by atoms with Gasteiger partial charge in [-0.2, -0.15) is 0 Å². The molecule has 1 saturated heterocycles. The predicted molar refractivity (Wildman–Crippen MR) is 104 cm³/mol. The number of methoxy groups -OCH3 is 1. The van der Waals surface area contributed by atoms with E-state index in [4.69, 9.17) is 16.1 Å². The van der Waals surface area contributed by atoms with Crippen LogP contribution in [0.15, 0.2) is 29.6 Å². The Hall–Kier alpha value is -2.36. The Bertz CT molecular complexity index is 771. The number of terminal acetylenes is 1. The fraction of sp³-hybridized carbons (Fsp3) is 0.400. The van der Waals surface area contributed by atoms with Crippen molar-refractivity contribution in [3.63, 3.8) is 0 Å². The molecule has 0 radical (unpaired) electrons. The van der Waals surface area contributed by atoms with E-state index in [9.17, 15) is 4.79 Å². The van der Waals surface area contributed by atoms with Gasteiger partial charge in [0.15, 0.2) is 0 Å². The number of rotatable bonds is 6. The van der Waals surface area contributed by atoms with Crippen LogP contribution in [0.5, 0.6) is 5.75 Å². The van der Waals surface area contributed by atoms with Crippen molar-refractivity contribution in [2.45, 2.75) is 19.4 Å². The fourth-order valence-electron chi connectivity index (χ4n) is 2.97. The Labute approximate surface area is 158 Å². The van der Waals surface area contributed by atoms with Gasteiger partial charge in [-0.3, -0.25) is 9.69 Å². The van der Waals surface area contributed by atoms with Crippen LogP contribution < -0.4 is 4.74 Å². The topological polar surface area (TPSA) is 45.7 Å². The first-order valence-electron chi connectivity index (χ1n) is 8.72. The lowest BCUT2D eigenvalue weighted by atomic mass is 10.2. The number of benzene rings is 1. The Balaban J connectivity index is 1.52. The molecule has 0 atom stereocenters. The van der Waals surface area contributed by atoms with Gasteiger partial charge in [0.2, 0.25) is 5.91 Å². The number of aromatic nitrogens is 1. The standard InChI is InChI=1S/C20H23N3O2S/c1-3-4-5-19(24)23-12-10-22(11-13-23)14-17-15-26-20(21-17)16-6-8-18(25-2)9-7-16/h1,6-9,15H,4-5,10-14H2,2H3. The molecule has 1 amide bonds. The summed E-state index contributed by atoms with van der Waals surface area (Å²) >= 11 is 1.66. The lowest BCUT2D eigenvalue weighted by molar-refractivity contribution is -0.132. The number of thiazole rings is 1. The van der Waals surface area contributed by atoms with E-state index in [1.165, 1.54) is 0 Å². The zero-order valence-corrected chi connectivity index (χ0v) is 15.8. The number of carbonyl (C=O) groups is 1. The molecule has 1 aromatic carbocycles. The summed E-state index contributed by atoms with van der Waals surface area (Å²) in [5.41, 5.74) is 2.18. The summed E-state index contributed by atoms with van der Waals surface area (Å²) in [4.78, 5) is 21.0. The van der Waals surface area contributed by atoms with Gasteiger partial charge in [-0.1, -0.05) is 0 Å². The minimum absolute atomic E-state index is 0.165. The summed E-state index contributed by atoms with van der Waals surface area (Å²) in [6.45, 7) is 4.09. The average molecular weight is 369 g/mol. The second-order valence-electron chi connectivity index (χ2n) is 6.23. The highest BCUT2D eigenvalue weighted by molar-refractivity contribution is 7.13. The van der Waals surface area contributed by atoms with Crippen LogP contribution in [0.3, 0.4) is 0 Å². The molecule has 136 valence electrons. The average Bonchev–Trinajstić information content (AvgIpc) is 3.15. The van der Waals surface area contributed by atoms with Gasteiger partial charge >= 0.3 is 0 Å². The van der Waals surface area contributed by atoms with Crippen molar-refractivity contribution >= 4 is 17.2 Å². The molecule has 3 rings (SSSR count). The van der Waals surface area contributed by atoms with Gasteiger partial charge in [0.05, 0.1) is 12.8 Å². The molecule has 0 N–H and O–H groups in total. The maximum Gasteiger partial charge on any atom is 0.223 e. The van der Waals surface area contributed by atoms with Crippen LogP contribution in [0, 0.1) is 12.3 Å². The number of carbonyl (C=O) groups excluding carboxylic acids is 1. The van der Waals surface area contributed by atoms with Gasteiger partial charge in [-0.25, -0.2) is 4.98 Å². The molecule has 2 heterocycles. The first kappa shape index (κ1) is 18.4. The summed E-state index contributed by atoms with van der Waals surface area (Å²) in [7, 11) is 1.67. The number of hydrogen-bond acceptors (Lipinski definition) is 5. The smallest absolute Gasteiger partial charge is 0.223 e. The van der Waals surface area contributed by atoms with Crippen molar-refractivity contribution in [1.29, 1.82) is 0 Å². The Morgan fingerprint density at radius 2 is 2.00 bits per heavy atom. The van der Waals surface area contributed by atoms with Crippen molar-refractivity contribution in [3.8, 4) is 28.7 Å². The third-order valence-electron chi connectivity index (χ3n) is 4.48. The quantitative estimate of drug-likeness (QED) is 0.735. The van der Waals surface area contributed by atoms with Crippen molar-refractivity contribution in [1.82, 2.24) is 14.8 Å². The molecule has 0 unspecified atom stereocenters. The Morgan fingerprint density at radius 1 is 1.27 bits per heavy atom. The zero-order valence-electron chi connectivity index (χ0n) is 15.0. The van der Waals surface area contributed by atoms with Crippen LogP contribution in [0.25, 0.3) is 10.6 Å². The molecule has 0 bridgehead atoms. The molecule has 2 aromatic rings. The molecule has 6 heteroatoms.